The van der Waals surface area contributed by atoms with Crippen molar-refractivity contribution in [1.29, 1.82) is 0 Å². The fourth-order valence-corrected chi connectivity index (χ4v) is 4.75. The summed E-state index contributed by atoms with van der Waals surface area (Å²) >= 11 is 5.84. The van der Waals surface area contributed by atoms with Gasteiger partial charge in [-0.25, -0.2) is 8.42 Å². The molecule has 0 aromatic heterocycles. The molecule has 3 rings (SSSR count). The van der Waals surface area contributed by atoms with Crippen LogP contribution in [0.3, 0.4) is 0 Å². The van der Waals surface area contributed by atoms with Gasteiger partial charge in [0.15, 0.2) is 0 Å². The van der Waals surface area contributed by atoms with Gasteiger partial charge in [0.25, 0.3) is 0 Å². The zero-order valence-corrected chi connectivity index (χ0v) is 17.3. The molecule has 2 aromatic rings. The summed E-state index contributed by atoms with van der Waals surface area (Å²) in [4.78, 5) is 14.5. The molecule has 1 fully saturated rings. The zero-order valence-electron chi connectivity index (χ0n) is 15.7. The summed E-state index contributed by atoms with van der Waals surface area (Å²) in [5, 5.41) is 3.49. The molecule has 0 spiro atoms. The highest BCUT2D eigenvalue weighted by molar-refractivity contribution is 7.89. The monoisotopic (exact) mass is 421 g/mol. The first-order valence-corrected chi connectivity index (χ1v) is 11.0. The second-order valence-corrected chi connectivity index (χ2v) is 9.21. The molecule has 1 atom stereocenters. The number of amides is 1. The van der Waals surface area contributed by atoms with Crippen molar-refractivity contribution in [3.05, 3.63) is 65.2 Å². The standard InChI is InChI=1S/C20H24ClN3O3S/c1-16(17-5-3-2-4-6-17)22-20(25)15-23-11-13-24(14-12-23)28(26,27)19-9-7-18(21)8-10-19/h2-10,16H,11-15H2,1H3,(H,22,25)/t16-/m1/s1. The van der Waals surface area contributed by atoms with Gasteiger partial charge >= 0.3 is 0 Å². The lowest BCUT2D eigenvalue weighted by Crippen LogP contribution is -2.51. The third kappa shape index (κ3) is 5.11. The Balaban J connectivity index is 1.51. The van der Waals surface area contributed by atoms with E-state index < -0.39 is 10.0 Å². The van der Waals surface area contributed by atoms with Crippen molar-refractivity contribution >= 4 is 27.5 Å². The fraction of sp³-hybridized carbons (Fsp3) is 0.350. The lowest BCUT2D eigenvalue weighted by atomic mass is 10.1. The van der Waals surface area contributed by atoms with Crippen LogP contribution in [-0.4, -0.2) is 56.3 Å². The Labute approximate surface area is 171 Å². The minimum Gasteiger partial charge on any atom is -0.348 e. The van der Waals surface area contributed by atoms with E-state index in [1.54, 1.807) is 12.1 Å². The third-order valence-electron chi connectivity index (χ3n) is 4.83. The van der Waals surface area contributed by atoms with E-state index in [0.29, 0.717) is 31.2 Å². The molecule has 1 N–H and O–H groups in total. The Morgan fingerprint density at radius 3 is 2.25 bits per heavy atom. The summed E-state index contributed by atoms with van der Waals surface area (Å²) in [6.45, 7) is 3.94. The van der Waals surface area contributed by atoms with Gasteiger partial charge in [-0.1, -0.05) is 41.9 Å². The molecule has 1 aliphatic heterocycles. The number of rotatable bonds is 6. The number of hydrogen-bond donors (Lipinski definition) is 1. The Morgan fingerprint density at radius 1 is 1.04 bits per heavy atom. The minimum absolute atomic E-state index is 0.0645. The highest BCUT2D eigenvalue weighted by Crippen LogP contribution is 2.20. The van der Waals surface area contributed by atoms with E-state index in [4.69, 9.17) is 11.6 Å². The van der Waals surface area contributed by atoms with Crippen LogP contribution in [0.1, 0.15) is 18.5 Å². The van der Waals surface area contributed by atoms with Crippen LogP contribution >= 0.6 is 11.6 Å². The lowest BCUT2D eigenvalue weighted by Gasteiger charge is -2.33. The summed E-state index contributed by atoms with van der Waals surface area (Å²) in [5.41, 5.74) is 1.05. The van der Waals surface area contributed by atoms with Crippen molar-refractivity contribution < 1.29 is 13.2 Å². The van der Waals surface area contributed by atoms with E-state index in [1.165, 1.54) is 16.4 Å². The zero-order chi connectivity index (χ0) is 20.1. The molecule has 0 aliphatic carbocycles. The average molecular weight is 422 g/mol. The van der Waals surface area contributed by atoms with Crippen molar-refractivity contribution in [3.8, 4) is 0 Å². The number of sulfonamides is 1. The Hall–Kier alpha value is -1.93. The summed E-state index contributed by atoms with van der Waals surface area (Å²) < 4.78 is 26.9. The molecule has 1 saturated heterocycles. The van der Waals surface area contributed by atoms with Crippen molar-refractivity contribution in [1.82, 2.24) is 14.5 Å². The van der Waals surface area contributed by atoms with Crippen LogP contribution < -0.4 is 5.32 Å². The number of nitrogens with zero attached hydrogens (tertiary/aromatic N) is 2. The third-order valence-corrected chi connectivity index (χ3v) is 6.99. The summed E-state index contributed by atoms with van der Waals surface area (Å²) in [7, 11) is -3.54. The highest BCUT2D eigenvalue weighted by atomic mass is 35.5. The number of nitrogens with one attached hydrogen (secondary N) is 1. The van der Waals surface area contributed by atoms with Gasteiger partial charge in [-0.3, -0.25) is 9.69 Å². The first kappa shape index (κ1) is 20.8. The second kappa shape index (κ2) is 9.05. The minimum atomic E-state index is -3.54. The Kier molecular flexibility index (Phi) is 6.72. The molecule has 6 nitrogen and oxygen atoms in total. The van der Waals surface area contributed by atoms with E-state index in [2.05, 4.69) is 5.32 Å². The Morgan fingerprint density at radius 2 is 1.64 bits per heavy atom. The van der Waals surface area contributed by atoms with Crippen molar-refractivity contribution in [2.75, 3.05) is 32.7 Å². The molecular formula is C20H24ClN3O3S. The SMILES string of the molecule is C[C@@H](NC(=O)CN1CCN(S(=O)(=O)c2ccc(Cl)cc2)CC1)c1ccccc1. The number of benzene rings is 2. The van der Waals surface area contributed by atoms with Crippen LogP contribution in [0.4, 0.5) is 0 Å². The summed E-state index contributed by atoms with van der Waals surface area (Å²) in [6, 6.07) is 15.9. The van der Waals surface area contributed by atoms with E-state index in [0.717, 1.165) is 5.56 Å². The molecule has 1 amide bonds. The maximum Gasteiger partial charge on any atom is 0.243 e. The second-order valence-electron chi connectivity index (χ2n) is 6.83. The lowest BCUT2D eigenvalue weighted by molar-refractivity contribution is -0.123. The molecule has 8 heteroatoms. The van der Waals surface area contributed by atoms with Gasteiger partial charge in [0.1, 0.15) is 0 Å². The molecule has 28 heavy (non-hydrogen) atoms. The quantitative estimate of drug-likeness (QED) is 0.778. The van der Waals surface area contributed by atoms with Crippen molar-refractivity contribution in [2.45, 2.75) is 17.9 Å². The molecule has 150 valence electrons. The molecule has 0 saturated carbocycles. The summed E-state index contributed by atoms with van der Waals surface area (Å²) in [6.07, 6.45) is 0. The number of halogens is 1. The van der Waals surface area contributed by atoms with Gasteiger partial charge < -0.3 is 5.32 Å². The number of carbonyl (C=O) groups excluding carboxylic acids is 1. The van der Waals surface area contributed by atoms with Crippen LogP contribution in [0, 0.1) is 0 Å². The maximum atomic E-state index is 12.7. The van der Waals surface area contributed by atoms with Crippen LogP contribution in [0.25, 0.3) is 0 Å². The smallest absolute Gasteiger partial charge is 0.243 e. The molecule has 0 unspecified atom stereocenters. The normalized spacial score (nSPS) is 17.2. The molecule has 1 heterocycles. The van der Waals surface area contributed by atoms with E-state index in [1.807, 2.05) is 42.2 Å². The van der Waals surface area contributed by atoms with Gasteiger partial charge in [0.05, 0.1) is 17.5 Å². The van der Waals surface area contributed by atoms with E-state index >= 15 is 0 Å². The van der Waals surface area contributed by atoms with E-state index in [-0.39, 0.29) is 23.4 Å². The molecule has 2 aromatic carbocycles. The van der Waals surface area contributed by atoms with Gasteiger partial charge in [0, 0.05) is 31.2 Å². The van der Waals surface area contributed by atoms with Crippen molar-refractivity contribution in [3.63, 3.8) is 0 Å². The highest BCUT2D eigenvalue weighted by Gasteiger charge is 2.29. The number of piperazine rings is 1. The molecule has 0 radical (unpaired) electrons. The largest absolute Gasteiger partial charge is 0.348 e. The van der Waals surface area contributed by atoms with Crippen LogP contribution in [0.2, 0.25) is 5.02 Å². The first-order valence-electron chi connectivity index (χ1n) is 9.18. The van der Waals surface area contributed by atoms with Crippen LogP contribution in [0.5, 0.6) is 0 Å². The van der Waals surface area contributed by atoms with Crippen molar-refractivity contribution in [2.24, 2.45) is 0 Å². The topological polar surface area (TPSA) is 69.7 Å². The van der Waals surface area contributed by atoms with Gasteiger partial charge in [-0.15, -0.1) is 0 Å². The number of hydrogen-bond acceptors (Lipinski definition) is 4. The van der Waals surface area contributed by atoms with E-state index in [9.17, 15) is 13.2 Å². The van der Waals surface area contributed by atoms with Crippen LogP contribution in [0.15, 0.2) is 59.5 Å². The van der Waals surface area contributed by atoms with Crippen LogP contribution in [-0.2, 0) is 14.8 Å². The average Bonchev–Trinajstić information content (AvgIpc) is 2.69. The molecular weight excluding hydrogens is 398 g/mol. The maximum absolute atomic E-state index is 12.7. The fourth-order valence-electron chi connectivity index (χ4n) is 3.20. The predicted molar refractivity (Wildman–Crippen MR) is 110 cm³/mol. The van der Waals surface area contributed by atoms with Gasteiger partial charge in [-0.2, -0.15) is 4.31 Å². The molecule has 0 bridgehead atoms. The predicted octanol–water partition coefficient (Wildman–Crippen LogP) is 2.52. The Bertz CT molecular complexity index is 896. The van der Waals surface area contributed by atoms with Gasteiger partial charge in [-0.05, 0) is 36.8 Å². The summed E-state index contributed by atoms with van der Waals surface area (Å²) in [5.74, 6) is -0.0645. The number of carbonyl (C=O) groups is 1. The molecule has 1 aliphatic rings. The first-order chi connectivity index (χ1) is 13.4. The van der Waals surface area contributed by atoms with Gasteiger partial charge in [0.2, 0.25) is 15.9 Å².